The van der Waals surface area contributed by atoms with Crippen molar-refractivity contribution < 1.29 is 9.90 Å². The molecule has 0 saturated heterocycles. The Morgan fingerprint density at radius 1 is 0.739 bits per heavy atom. The van der Waals surface area contributed by atoms with Crippen LogP contribution in [0.1, 0.15) is 27.5 Å². The molecule has 0 aliphatic rings. The summed E-state index contributed by atoms with van der Waals surface area (Å²) in [6.45, 7) is 0. The molecule has 3 rings (SSSR count). The van der Waals surface area contributed by atoms with Crippen molar-refractivity contribution in [3.05, 3.63) is 102 Å². The van der Waals surface area contributed by atoms with Crippen LogP contribution in [0.25, 0.3) is 0 Å². The van der Waals surface area contributed by atoms with Crippen LogP contribution in [-0.4, -0.2) is 11.1 Å². The smallest absolute Gasteiger partial charge is 0.335 e. The topological polar surface area (TPSA) is 49.3 Å². The minimum Gasteiger partial charge on any atom is -0.478 e. The molecule has 0 amide bonds. The standard InChI is InChI=1S/C20H17NO2/c22-20(23)17-11-13-18(14-12-17)21-19(15-7-3-1-4-8-15)16-9-5-2-6-10-16/h1-14,19,21H,(H,22,23). The Labute approximate surface area is 135 Å². The first kappa shape index (κ1) is 14.9. The molecule has 3 heteroatoms. The second-order valence-electron chi connectivity index (χ2n) is 5.28. The van der Waals surface area contributed by atoms with E-state index in [0.717, 1.165) is 16.8 Å². The van der Waals surface area contributed by atoms with E-state index in [-0.39, 0.29) is 11.6 Å². The normalized spacial score (nSPS) is 10.5. The number of hydrogen-bond acceptors (Lipinski definition) is 2. The molecule has 0 atom stereocenters. The van der Waals surface area contributed by atoms with Gasteiger partial charge in [-0.2, -0.15) is 0 Å². The van der Waals surface area contributed by atoms with Crippen LogP contribution in [0, 0.1) is 0 Å². The predicted octanol–water partition coefficient (Wildman–Crippen LogP) is 4.59. The van der Waals surface area contributed by atoms with Crippen molar-refractivity contribution in [2.24, 2.45) is 0 Å². The molecule has 0 radical (unpaired) electrons. The molecule has 0 bridgehead atoms. The molecule has 114 valence electrons. The molecule has 0 aromatic heterocycles. The van der Waals surface area contributed by atoms with Gasteiger partial charge in [-0.25, -0.2) is 4.79 Å². The second-order valence-corrected chi connectivity index (χ2v) is 5.28. The molecule has 3 aromatic rings. The molecule has 0 heterocycles. The highest BCUT2D eigenvalue weighted by Crippen LogP contribution is 2.26. The summed E-state index contributed by atoms with van der Waals surface area (Å²) in [5.41, 5.74) is 3.47. The molecule has 0 unspecified atom stereocenters. The maximum Gasteiger partial charge on any atom is 0.335 e. The van der Waals surface area contributed by atoms with Crippen LogP contribution in [0.5, 0.6) is 0 Å². The van der Waals surface area contributed by atoms with E-state index in [4.69, 9.17) is 5.11 Å². The van der Waals surface area contributed by atoms with Crippen molar-refractivity contribution in [2.45, 2.75) is 6.04 Å². The second kappa shape index (κ2) is 6.79. The maximum absolute atomic E-state index is 11.0. The maximum atomic E-state index is 11.0. The fourth-order valence-electron chi connectivity index (χ4n) is 2.53. The van der Waals surface area contributed by atoms with Crippen molar-refractivity contribution in [3.63, 3.8) is 0 Å². The Bertz CT molecular complexity index is 728. The van der Waals surface area contributed by atoms with Crippen molar-refractivity contribution in [2.75, 3.05) is 5.32 Å². The summed E-state index contributed by atoms with van der Waals surface area (Å²) >= 11 is 0. The highest BCUT2D eigenvalue weighted by atomic mass is 16.4. The van der Waals surface area contributed by atoms with Gasteiger partial charge in [0.2, 0.25) is 0 Å². The highest BCUT2D eigenvalue weighted by Gasteiger charge is 2.13. The molecule has 23 heavy (non-hydrogen) atoms. The van der Waals surface area contributed by atoms with E-state index in [9.17, 15) is 4.79 Å². The van der Waals surface area contributed by atoms with Crippen LogP contribution in [0.15, 0.2) is 84.9 Å². The summed E-state index contributed by atoms with van der Waals surface area (Å²) < 4.78 is 0. The largest absolute Gasteiger partial charge is 0.478 e. The Balaban J connectivity index is 1.92. The molecule has 0 aliphatic carbocycles. The zero-order chi connectivity index (χ0) is 16.1. The van der Waals surface area contributed by atoms with Gasteiger partial charge in [-0.05, 0) is 35.4 Å². The monoisotopic (exact) mass is 303 g/mol. The van der Waals surface area contributed by atoms with Crippen LogP contribution < -0.4 is 5.32 Å². The SMILES string of the molecule is O=C(O)c1ccc(NC(c2ccccc2)c2ccccc2)cc1. The number of nitrogens with one attached hydrogen (secondary N) is 1. The minimum atomic E-state index is -0.917. The summed E-state index contributed by atoms with van der Waals surface area (Å²) in [5, 5.41) is 12.5. The minimum absolute atomic E-state index is 0.00748. The van der Waals surface area contributed by atoms with Crippen molar-refractivity contribution in [1.29, 1.82) is 0 Å². The Kier molecular flexibility index (Phi) is 4.39. The molecular formula is C20H17NO2. The summed E-state index contributed by atoms with van der Waals surface area (Å²) in [7, 11) is 0. The lowest BCUT2D eigenvalue weighted by atomic mass is 9.98. The predicted molar refractivity (Wildman–Crippen MR) is 91.8 cm³/mol. The third kappa shape index (κ3) is 3.58. The van der Waals surface area contributed by atoms with E-state index in [1.807, 2.05) is 36.4 Å². The van der Waals surface area contributed by atoms with Gasteiger partial charge in [-0.1, -0.05) is 60.7 Å². The van der Waals surface area contributed by atoms with E-state index >= 15 is 0 Å². The molecule has 0 spiro atoms. The van der Waals surface area contributed by atoms with Crippen LogP contribution in [0.3, 0.4) is 0 Å². The third-order valence-corrected chi connectivity index (χ3v) is 3.71. The van der Waals surface area contributed by atoms with Crippen LogP contribution in [0.2, 0.25) is 0 Å². The van der Waals surface area contributed by atoms with Gasteiger partial charge in [0.05, 0.1) is 11.6 Å². The Morgan fingerprint density at radius 3 is 1.65 bits per heavy atom. The van der Waals surface area contributed by atoms with Gasteiger partial charge in [0.25, 0.3) is 0 Å². The third-order valence-electron chi connectivity index (χ3n) is 3.71. The number of carboxylic acid groups (broad SMARTS) is 1. The molecule has 2 N–H and O–H groups in total. The average molecular weight is 303 g/mol. The molecule has 0 saturated carbocycles. The van der Waals surface area contributed by atoms with Crippen molar-refractivity contribution in [1.82, 2.24) is 0 Å². The zero-order valence-electron chi connectivity index (χ0n) is 12.5. The first-order valence-electron chi connectivity index (χ1n) is 7.44. The number of hydrogen-bond donors (Lipinski definition) is 2. The van der Waals surface area contributed by atoms with Crippen molar-refractivity contribution in [3.8, 4) is 0 Å². The van der Waals surface area contributed by atoms with E-state index in [2.05, 4.69) is 29.6 Å². The zero-order valence-corrected chi connectivity index (χ0v) is 12.5. The average Bonchev–Trinajstić information content (AvgIpc) is 2.61. The summed E-state index contributed by atoms with van der Waals surface area (Å²) in [4.78, 5) is 11.0. The van der Waals surface area contributed by atoms with Gasteiger partial charge in [0, 0.05) is 5.69 Å². The van der Waals surface area contributed by atoms with E-state index in [1.165, 1.54) is 0 Å². The van der Waals surface area contributed by atoms with E-state index in [0.29, 0.717) is 0 Å². The molecule has 0 fully saturated rings. The van der Waals surface area contributed by atoms with Gasteiger partial charge in [-0.3, -0.25) is 0 Å². The Morgan fingerprint density at radius 2 is 1.22 bits per heavy atom. The van der Waals surface area contributed by atoms with E-state index in [1.54, 1.807) is 24.3 Å². The highest BCUT2D eigenvalue weighted by molar-refractivity contribution is 5.88. The van der Waals surface area contributed by atoms with Gasteiger partial charge < -0.3 is 10.4 Å². The fraction of sp³-hybridized carbons (Fsp3) is 0.0500. The van der Waals surface area contributed by atoms with Crippen LogP contribution in [-0.2, 0) is 0 Å². The van der Waals surface area contributed by atoms with Gasteiger partial charge in [-0.15, -0.1) is 0 Å². The Hall–Kier alpha value is -3.07. The molecule has 3 nitrogen and oxygen atoms in total. The summed E-state index contributed by atoms with van der Waals surface area (Å²) in [5.74, 6) is -0.917. The van der Waals surface area contributed by atoms with Gasteiger partial charge in [0.1, 0.15) is 0 Å². The number of anilines is 1. The molecule has 0 aliphatic heterocycles. The summed E-state index contributed by atoms with van der Waals surface area (Å²) in [6, 6.07) is 27.2. The van der Waals surface area contributed by atoms with Crippen molar-refractivity contribution >= 4 is 11.7 Å². The number of carbonyl (C=O) groups is 1. The van der Waals surface area contributed by atoms with Gasteiger partial charge >= 0.3 is 5.97 Å². The van der Waals surface area contributed by atoms with Crippen LogP contribution >= 0.6 is 0 Å². The van der Waals surface area contributed by atoms with Gasteiger partial charge in [0.15, 0.2) is 0 Å². The first-order chi connectivity index (χ1) is 11.2. The fourth-order valence-corrected chi connectivity index (χ4v) is 2.53. The van der Waals surface area contributed by atoms with E-state index < -0.39 is 5.97 Å². The number of rotatable bonds is 5. The lowest BCUT2D eigenvalue weighted by molar-refractivity contribution is 0.0697. The number of aromatic carboxylic acids is 1. The van der Waals surface area contributed by atoms with Crippen LogP contribution in [0.4, 0.5) is 5.69 Å². The first-order valence-corrected chi connectivity index (χ1v) is 7.44. The lowest BCUT2D eigenvalue weighted by Gasteiger charge is -2.21. The lowest BCUT2D eigenvalue weighted by Crippen LogP contribution is -2.12. The number of benzene rings is 3. The number of carboxylic acids is 1. The summed E-state index contributed by atoms with van der Waals surface area (Å²) in [6.07, 6.45) is 0. The molecular weight excluding hydrogens is 286 g/mol. The molecule has 3 aromatic carbocycles. The quantitative estimate of drug-likeness (QED) is 0.725.